The first-order valence-electron chi connectivity index (χ1n) is 9.72. The second-order valence-corrected chi connectivity index (χ2v) is 7.52. The fourth-order valence-corrected chi connectivity index (χ4v) is 4.03. The van der Waals surface area contributed by atoms with Crippen molar-refractivity contribution in [3.8, 4) is 11.1 Å². The molecule has 2 aliphatic heterocycles. The van der Waals surface area contributed by atoms with Crippen LogP contribution in [-0.4, -0.2) is 61.0 Å². The normalized spacial score (nSPS) is 20.8. The molecule has 1 atom stereocenters. The molecule has 27 heavy (non-hydrogen) atoms. The summed E-state index contributed by atoms with van der Waals surface area (Å²) in [5.41, 5.74) is 2.97. The van der Waals surface area contributed by atoms with Crippen LogP contribution in [-0.2, 0) is 0 Å². The van der Waals surface area contributed by atoms with E-state index in [1.165, 1.54) is 12.5 Å². The molecule has 0 saturated carbocycles. The average molecular weight is 367 g/mol. The van der Waals surface area contributed by atoms with Crippen molar-refractivity contribution in [2.45, 2.75) is 19.4 Å². The molecule has 1 N–H and O–H groups in total. The lowest BCUT2D eigenvalue weighted by Gasteiger charge is -2.37. The molecule has 0 spiro atoms. The van der Waals surface area contributed by atoms with Crippen molar-refractivity contribution in [1.82, 2.24) is 15.1 Å². The second kappa shape index (κ2) is 7.79. The summed E-state index contributed by atoms with van der Waals surface area (Å²) in [5, 5.41) is 3.41. The van der Waals surface area contributed by atoms with Crippen molar-refractivity contribution >= 4 is 5.91 Å². The predicted octanol–water partition coefficient (Wildman–Crippen LogP) is 2.92. The molecule has 0 aliphatic carbocycles. The molecule has 0 bridgehead atoms. The highest BCUT2D eigenvalue weighted by atomic mass is 19.1. The molecule has 2 aromatic rings. The minimum absolute atomic E-state index is 0.0635. The van der Waals surface area contributed by atoms with Crippen LogP contribution in [0.3, 0.4) is 0 Å². The van der Waals surface area contributed by atoms with Crippen molar-refractivity contribution in [3.63, 3.8) is 0 Å². The average Bonchev–Trinajstić information content (AvgIpc) is 3.25. The maximum absolute atomic E-state index is 13.9. The number of benzene rings is 2. The van der Waals surface area contributed by atoms with Gasteiger partial charge in [0.1, 0.15) is 5.82 Å². The Morgan fingerprint density at radius 3 is 2.56 bits per heavy atom. The first kappa shape index (κ1) is 18.1. The number of amides is 1. The molecule has 4 rings (SSSR count). The van der Waals surface area contributed by atoms with E-state index in [1.54, 1.807) is 13.0 Å². The van der Waals surface area contributed by atoms with Gasteiger partial charge in [-0.3, -0.25) is 9.69 Å². The lowest BCUT2D eigenvalue weighted by molar-refractivity contribution is 0.0584. The lowest BCUT2D eigenvalue weighted by atomic mass is 10.0. The monoisotopic (exact) mass is 367 g/mol. The van der Waals surface area contributed by atoms with Gasteiger partial charge < -0.3 is 10.2 Å². The zero-order chi connectivity index (χ0) is 18.8. The van der Waals surface area contributed by atoms with Gasteiger partial charge in [-0.2, -0.15) is 0 Å². The highest BCUT2D eigenvalue weighted by Crippen LogP contribution is 2.24. The van der Waals surface area contributed by atoms with Crippen molar-refractivity contribution < 1.29 is 9.18 Å². The van der Waals surface area contributed by atoms with Crippen LogP contribution in [0.2, 0.25) is 0 Å². The van der Waals surface area contributed by atoms with Crippen LogP contribution in [0.4, 0.5) is 4.39 Å². The van der Waals surface area contributed by atoms with E-state index in [4.69, 9.17) is 0 Å². The van der Waals surface area contributed by atoms with Crippen molar-refractivity contribution in [2.75, 3.05) is 39.3 Å². The van der Waals surface area contributed by atoms with Crippen LogP contribution in [0.25, 0.3) is 11.1 Å². The maximum Gasteiger partial charge on any atom is 0.253 e. The molecule has 142 valence electrons. The van der Waals surface area contributed by atoms with Crippen molar-refractivity contribution in [3.05, 3.63) is 59.4 Å². The Hall–Kier alpha value is -2.24. The molecule has 0 radical (unpaired) electrons. The molecule has 5 heteroatoms. The number of carbonyl (C=O) groups is 1. The number of nitrogens with zero attached hydrogens (tertiary/aromatic N) is 2. The molecule has 2 aliphatic rings. The van der Waals surface area contributed by atoms with Gasteiger partial charge in [0.25, 0.3) is 5.91 Å². The Morgan fingerprint density at radius 1 is 1.07 bits per heavy atom. The first-order chi connectivity index (χ1) is 13.1. The summed E-state index contributed by atoms with van der Waals surface area (Å²) in [5.74, 6) is -0.157. The number of carbonyl (C=O) groups excluding carboxylic acids is 1. The zero-order valence-electron chi connectivity index (χ0n) is 15.7. The molecule has 4 nitrogen and oxygen atoms in total. The van der Waals surface area contributed by atoms with E-state index in [0.717, 1.165) is 50.4 Å². The zero-order valence-corrected chi connectivity index (χ0v) is 15.7. The van der Waals surface area contributed by atoms with Crippen LogP contribution in [0.1, 0.15) is 22.3 Å². The Morgan fingerprint density at radius 2 is 1.85 bits per heavy atom. The molecule has 2 saturated heterocycles. The highest BCUT2D eigenvalue weighted by molar-refractivity contribution is 5.95. The minimum atomic E-state index is -0.221. The molecule has 2 aromatic carbocycles. The topological polar surface area (TPSA) is 35.6 Å². The van der Waals surface area contributed by atoms with Gasteiger partial charge in [-0.15, -0.1) is 0 Å². The van der Waals surface area contributed by atoms with E-state index < -0.39 is 0 Å². The third kappa shape index (κ3) is 3.89. The fourth-order valence-electron chi connectivity index (χ4n) is 4.03. The van der Waals surface area contributed by atoms with Crippen molar-refractivity contribution in [1.29, 1.82) is 0 Å². The number of hydrogen-bond donors (Lipinski definition) is 1. The highest BCUT2D eigenvalue weighted by Gasteiger charge is 2.28. The van der Waals surface area contributed by atoms with Gasteiger partial charge in [0.2, 0.25) is 0 Å². The summed E-state index contributed by atoms with van der Waals surface area (Å²) in [6, 6.07) is 13.3. The first-order valence-corrected chi connectivity index (χ1v) is 9.72. The summed E-state index contributed by atoms with van der Waals surface area (Å²) in [6.45, 7) is 7.29. The standard InChI is InChI=1S/C22H26FN3O/c1-16-5-6-18(14-21(16)23)17-3-2-4-19(13-17)22(27)26-11-9-25(10-12-26)20-7-8-24-15-20/h2-6,13-14,20,24H,7-12,15H2,1H3/t20-/m0/s1. The van der Waals surface area contributed by atoms with E-state index in [-0.39, 0.29) is 11.7 Å². The van der Waals surface area contributed by atoms with E-state index in [1.807, 2.05) is 35.2 Å². The van der Waals surface area contributed by atoms with Gasteiger partial charge in [-0.1, -0.05) is 24.3 Å². The van der Waals surface area contributed by atoms with Gasteiger partial charge in [-0.05, 0) is 54.8 Å². The van der Waals surface area contributed by atoms with Crippen LogP contribution >= 0.6 is 0 Å². The Balaban J connectivity index is 1.45. The van der Waals surface area contributed by atoms with Crippen molar-refractivity contribution in [2.24, 2.45) is 0 Å². The number of halogens is 1. The van der Waals surface area contributed by atoms with E-state index in [2.05, 4.69) is 10.2 Å². The quantitative estimate of drug-likeness (QED) is 0.906. The third-order valence-corrected chi connectivity index (χ3v) is 5.77. The summed E-state index contributed by atoms with van der Waals surface area (Å²) < 4.78 is 13.9. The molecule has 0 aromatic heterocycles. The number of nitrogens with one attached hydrogen (secondary N) is 1. The summed E-state index contributed by atoms with van der Waals surface area (Å²) in [4.78, 5) is 17.4. The molecule has 0 unspecified atom stereocenters. The minimum Gasteiger partial charge on any atom is -0.336 e. The van der Waals surface area contributed by atoms with Gasteiger partial charge >= 0.3 is 0 Å². The smallest absolute Gasteiger partial charge is 0.253 e. The van der Waals surface area contributed by atoms with Gasteiger partial charge in [0.15, 0.2) is 0 Å². The summed E-state index contributed by atoms with van der Waals surface area (Å²) in [7, 11) is 0. The largest absolute Gasteiger partial charge is 0.336 e. The van der Waals surface area contributed by atoms with E-state index >= 15 is 0 Å². The van der Waals surface area contributed by atoms with Crippen LogP contribution < -0.4 is 5.32 Å². The number of piperazine rings is 1. The molecular formula is C22H26FN3O. The van der Waals surface area contributed by atoms with Crippen LogP contribution in [0.5, 0.6) is 0 Å². The van der Waals surface area contributed by atoms with E-state index in [9.17, 15) is 9.18 Å². The van der Waals surface area contributed by atoms with Gasteiger partial charge in [-0.25, -0.2) is 4.39 Å². The van der Waals surface area contributed by atoms with Gasteiger partial charge in [0.05, 0.1) is 0 Å². The van der Waals surface area contributed by atoms with Crippen LogP contribution in [0, 0.1) is 12.7 Å². The SMILES string of the molecule is Cc1ccc(-c2cccc(C(=O)N3CCN([C@H]4CCNC4)CC3)c2)cc1F. The molecule has 2 fully saturated rings. The molecular weight excluding hydrogens is 341 g/mol. The lowest BCUT2D eigenvalue weighted by Crippen LogP contribution is -2.52. The van der Waals surface area contributed by atoms with Crippen LogP contribution in [0.15, 0.2) is 42.5 Å². The number of rotatable bonds is 3. The third-order valence-electron chi connectivity index (χ3n) is 5.77. The molecule has 2 heterocycles. The van der Waals surface area contributed by atoms with E-state index in [0.29, 0.717) is 17.2 Å². The number of hydrogen-bond acceptors (Lipinski definition) is 3. The predicted molar refractivity (Wildman–Crippen MR) is 105 cm³/mol. The fraction of sp³-hybridized carbons (Fsp3) is 0.409. The maximum atomic E-state index is 13.9. The summed E-state index contributed by atoms with van der Waals surface area (Å²) >= 11 is 0. The van der Waals surface area contributed by atoms with Gasteiger partial charge in [0, 0.05) is 44.3 Å². The molecule has 1 amide bonds. The Bertz CT molecular complexity index is 824. The summed E-state index contributed by atoms with van der Waals surface area (Å²) in [6.07, 6.45) is 1.20. The Kier molecular flexibility index (Phi) is 5.23. The number of aryl methyl sites for hydroxylation is 1. The Labute approximate surface area is 160 Å². The second-order valence-electron chi connectivity index (χ2n) is 7.52.